The molecule has 0 radical (unpaired) electrons. The minimum absolute atomic E-state index is 0.0522. The quantitative estimate of drug-likeness (QED) is 0.720. The lowest BCUT2D eigenvalue weighted by molar-refractivity contribution is -0.122. The fraction of sp³-hybridized carbons (Fsp3) is 0.333. The van der Waals surface area contributed by atoms with Crippen molar-refractivity contribution in [3.8, 4) is 0 Å². The molecule has 1 heterocycles. The van der Waals surface area contributed by atoms with E-state index in [4.69, 9.17) is 4.74 Å². The van der Waals surface area contributed by atoms with Crippen LogP contribution in [0.2, 0.25) is 0 Å². The summed E-state index contributed by atoms with van der Waals surface area (Å²) in [5.41, 5.74) is 2.81. The summed E-state index contributed by atoms with van der Waals surface area (Å²) in [6.45, 7) is 3.29. The fourth-order valence-corrected chi connectivity index (χ4v) is 5.14. The van der Waals surface area contributed by atoms with Gasteiger partial charge in [-0.05, 0) is 44.0 Å². The minimum Gasteiger partial charge on any atom is -0.452 e. The Morgan fingerprint density at radius 2 is 1.82 bits per heavy atom. The third-order valence-corrected chi connectivity index (χ3v) is 6.56. The molecule has 1 aliphatic heterocycles. The van der Waals surface area contributed by atoms with E-state index < -0.39 is 34.4 Å². The minimum atomic E-state index is -3.17. The standard InChI is InChI=1S/C21H23NO5S/c1-15-8-9-19(16(2)12-15)21(24)27-13-20(23)22(17-6-4-3-5-7-17)18-10-11-28(25,26)14-18/h3-9,12,18H,10-11,13-14H2,1-2H3/t18-/m0/s1. The van der Waals surface area contributed by atoms with Gasteiger partial charge in [0.15, 0.2) is 16.4 Å². The van der Waals surface area contributed by atoms with Crippen LogP contribution in [0.5, 0.6) is 0 Å². The SMILES string of the molecule is Cc1ccc(C(=O)OCC(=O)N(c2ccccc2)[C@H]2CCS(=O)(=O)C2)c(C)c1. The predicted octanol–water partition coefficient (Wildman–Crippen LogP) is 2.68. The van der Waals surface area contributed by atoms with E-state index in [0.717, 1.165) is 11.1 Å². The molecule has 28 heavy (non-hydrogen) atoms. The van der Waals surface area contributed by atoms with E-state index in [-0.39, 0.29) is 11.5 Å². The van der Waals surface area contributed by atoms with Crippen molar-refractivity contribution in [2.75, 3.05) is 23.0 Å². The number of benzene rings is 2. The first-order chi connectivity index (χ1) is 13.3. The van der Waals surface area contributed by atoms with Gasteiger partial charge in [-0.25, -0.2) is 13.2 Å². The highest BCUT2D eigenvalue weighted by atomic mass is 32.2. The number of sulfone groups is 1. The van der Waals surface area contributed by atoms with E-state index in [1.54, 1.807) is 30.3 Å². The van der Waals surface area contributed by atoms with Gasteiger partial charge in [0.05, 0.1) is 23.1 Å². The molecule has 1 atom stereocenters. The molecule has 1 saturated heterocycles. The van der Waals surface area contributed by atoms with Crippen molar-refractivity contribution in [1.29, 1.82) is 0 Å². The molecule has 3 rings (SSSR count). The van der Waals surface area contributed by atoms with Gasteiger partial charge in [-0.2, -0.15) is 0 Å². The van der Waals surface area contributed by atoms with Crippen molar-refractivity contribution in [3.05, 3.63) is 65.2 Å². The molecular weight excluding hydrogens is 378 g/mol. The van der Waals surface area contributed by atoms with E-state index in [9.17, 15) is 18.0 Å². The number of para-hydroxylation sites is 1. The van der Waals surface area contributed by atoms with Crippen LogP contribution in [-0.4, -0.2) is 44.4 Å². The van der Waals surface area contributed by atoms with Crippen molar-refractivity contribution in [1.82, 2.24) is 0 Å². The molecule has 1 amide bonds. The normalized spacial score (nSPS) is 17.9. The van der Waals surface area contributed by atoms with E-state index in [0.29, 0.717) is 17.7 Å². The van der Waals surface area contributed by atoms with Crippen molar-refractivity contribution >= 4 is 27.4 Å². The average molecular weight is 401 g/mol. The van der Waals surface area contributed by atoms with Gasteiger partial charge in [0, 0.05) is 5.69 Å². The van der Waals surface area contributed by atoms with Crippen LogP contribution in [0.15, 0.2) is 48.5 Å². The van der Waals surface area contributed by atoms with Gasteiger partial charge < -0.3 is 9.64 Å². The number of hydrogen-bond acceptors (Lipinski definition) is 5. The predicted molar refractivity (Wildman–Crippen MR) is 107 cm³/mol. The smallest absolute Gasteiger partial charge is 0.338 e. The second-order valence-corrected chi connectivity index (χ2v) is 9.28. The number of rotatable bonds is 5. The van der Waals surface area contributed by atoms with Gasteiger partial charge in [-0.3, -0.25) is 4.79 Å². The summed E-state index contributed by atoms with van der Waals surface area (Å²) in [6.07, 6.45) is 0.369. The molecule has 0 aromatic heterocycles. The van der Waals surface area contributed by atoms with Crippen LogP contribution >= 0.6 is 0 Å². The van der Waals surface area contributed by atoms with Gasteiger partial charge in [-0.1, -0.05) is 35.9 Å². The first-order valence-electron chi connectivity index (χ1n) is 9.09. The van der Waals surface area contributed by atoms with Crippen molar-refractivity contribution in [2.24, 2.45) is 0 Å². The Labute approximate surface area is 165 Å². The van der Waals surface area contributed by atoms with E-state index in [1.165, 1.54) is 4.90 Å². The van der Waals surface area contributed by atoms with Crippen LogP contribution in [0.3, 0.4) is 0 Å². The summed E-state index contributed by atoms with van der Waals surface area (Å²) in [6, 6.07) is 13.8. The van der Waals surface area contributed by atoms with Crippen molar-refractivity contribution in [3.63, 3.8) is 0 Å². The second-order valence-electron chi connectivity index (χ2n) is 7.05. The summed E-state index contributed by atoms with van der Waals surface area (Å²) >= 11 is 0. The van der Waals surface area contributed by atoms with Gasteiger partial charge in [0.2, 0.25) is 0 Å². The monoisotopic (exact) mass is 401 g/mol. The molecule has 1 fully saturated rings. The summed E-state index contributed by atoms with van der Waals surface area (Å²) < 4.78 is 29.0. The average Bonchev–Trinajstić information content (AvgIpc) is 3.00. The van der Waals surface area contributed by atoms with E-state index in [2.05, 4.69) is 0 Å². The molecule has 0 aliphatic carbocycles. The Kier molecular flexibility index (Phi) is 5.84. The van der Waals surface area contributed by atoms with E-state index >= 15 is 0 Å². The topological polar surface area (TPSA) is 80.8 Å². The molecule has 6 nitrogen and oxygen atoms in total. The number of amides is 1. The Balaban J connectivity index is 1.75. The number of anilines is 1. The number of carbonyl (C=O) groups is 2. The summed E-state index contributed by atoms with van der Waals surface area (Å²) in [7, 11) is -3.17. The maximum absolute atomic E-state index is 12.9. The van der Waals surface area contributed by atoms with Crippen LogP contribution in [-0.2, 0) is 19.4 Å². The first kappa shape index (κ1) is 20.1. The molecule has 2 aromatic rings. The number of nitrogens with zero attached hydrogens (tertiary/aromatic N) is 1. The summed E-state index contributed by atoms with van der Waals surface area (Å²) in [5, 5.41) is 0. The Morgan fingerprint density at radius 3 is 2.43 bits per heavy atom. The zero-order chi connectivity index (χ0) is 20.3. The number of hydrogen-bond donors (Lipinski definition) is 0. The molecule has 7 heteroatoms. The largest absolute Gasteiger partial charge is 0.452 e. The Bertz CT molecular complexity index is 985. The highest BCUT2D eigenvalue weighted by molar-refractivity contribution is 7.91. The van der Waals surface area contributed by atoms with Crippen LogP contribution < -0.4 is 4.90 Å². The van der Waals surface area contributed by atoms with Gasteiger partial charge in [-0.15, -0.1) is 0 Å². The third kappa shape index (κ3) is 4.59. The lowest BCUT2D eigenvalue weighted by Gasteiger charge is -2.28. The molecule has 148 valence electrons. The molecule has 0 N–H and O–H groups in total. The number of ether oxygens (including phenoxy) is 1. The molecular formula is C21H23NO5S. The second kappa shape index (κ2) is 8.14. The number of aryl methyl sites for hydroxylation is 2. The van der Waals surface area contributed by atoms with Crippen LogP contribution in [0.1, 0.15) is 27.9 Å². The molecule has 0 unspecified atom stereocenters. The zero-order valence-corrected chi connectivity index (χ0v) is 16.7. The maximum atomic E-state index is 12.9. The lowest BCUT2D eigenvalue weighted by atomic mass is 10.1. The van der Waals surface area contributed by atoms with E-state index in [1.807, 2.05) is 32.0 Å². The summed E-state index contributed by atoms with van der Waals surface area (Å²) in [4.78, 5) is 26.7. The van der Waals surface area contributed by atoms with Crippen LogP contribution in [0.25, 0.3) is 0 Å². The number of carbonyl (C=O) groups excluding carboxylic acids is 2. The van der Waals surface area contributed by atoms with Crippen LogP contribution in [0.4, 0.5) is 5.69 Å². The molecule has 1 aliphatic rings. The highest BCUT2D eigenvalue weighted by Crippen LogP contribution is 2.24. The van der Waals surface area contributed by atoms with Gasteiger partial charge in [0.25, 0.3) is 5.91 Å². The van der Waals surface area contributed by atoms with Crippen LogP contribution in [0, 0.1) is 13.8 Å². The molecule has 0 bridgehead atoms. The zero-order valence-electron chi connectivity index (χ0n) is 15.9. The van der Waals surface area contributed by atoms with Gasteiger partial charge >= 0.3 is 5.97 Å². The third-order valence-electron chi connectivity index (χ3n) is 4.81. The van der Waals surface area contributed by atoms with Crippen molar-refractivity contribution in [2.45, 2.75) is 26.3 Å². The molecule has 0 spiro atoms. The molecule has 2 aromatic carbocycles. The lowest BCUT2D eigenvalue weighted by Crippen LogP contribution is -2.43. The first-order valence-corrected chi connectivity index (χ1v) is 10.9. The fourth-order valence-electron chi connectivity index (χ4n) is 3.44. The number of esters is 1. The van der Waals surface area contributed by atoms with Gasteiger partial charge in [0.1, 0.15) is 0 Å². The highest BCUT2D eigenvalue weighted by Gasteiger charge is 2.35. The summed E-state index contributed by atoms with van der Waals surface area (Å²) in [5.74, 6) is -1.04. The molecule has 0 saturated carbocycles. The Morgan fingerprint density at radius 1 is 1.11 bits per heavy atom. The maximum Gasteiger partial charge on any atom is 0.338 e. The van der Waals surface area contributed by atoms with Crippen molar-refractivity contribution < 1.29 is 22.7 Å². The Hall–Kier alpha value is -2.67.